The van der Waals surface area contributed by atoms with Gasteiger partial charge in [0.2, 0.25) is 0 Å². The molecule has 0 aliphatic carbocycles. The van der Waals surface area contributed by atoms with E-state index < -0.39 is 0 Å². The molecule has 1 heteroatoms. The summed E-state index contributed by atoms with van der Waals surface area (Å²) in [5.74, 6) is 0. The van der Waals surface area contributed by atoms with Gasteiger partial charge in [-0.1, -0.05) is 29.8 Å². The lowest BCUT2D eigenvalue weighted by Crippen LogP contribution is -1.78. The van der Waals surface area contributed by atoms with Crippen LogP contribution in [0.15, 0.2) is 29.7 Å². The van der Waals surface area contributed by atoms with Gasteiger partial charge < -0.3 is 0 Å². The van der Waals surface area contributed by atoms with E-state index in [2.05, 4.69) is 50.7 Å². The predicted molar refractivity (Wildman–Crippen MR) is 53.8 cm³/mol. The summed E-state index contributed by atoms with van der Waals surface area (Å²) < 4.78 is 0. The highest BCUT2D eigenvalue weighted by Crippen LogP contribution is 2.15. The third-order valence-electron chi connectivity index (χ3n) is 1.67. The summed E-state index contributed by atoms with van der Waals surface area (Å²) in [6.07, 6.45) is 0. The lowest BCUT2D eigenvalue weighted by molar-refractivity contribution is 1.44. The minimum Gasteiger partial charge on any atom is -0.151 e. The number of benzene rings is 1. The van der Waals surface area contributed by atoms with Crippen LogP contribution < -0.4 is 0 Å². The summed E-state index contributed by atoms with van der Waals surface area (Å²) in [6.45, 7) is 4.15. The largest absolute Gasteiger partial charge is 0.151 e. The highest BCUT2D eigenvalue weighted by molar-refractivity contribution is 7.83. The second-order valence-electron chi connectivity index (χ2n) is 2.68. The van der Waals surface area contributed by atoms with Crippen molar-refractivity contribution in [3.05, 3.63) is 40.8 Å². The molecule has 0 N–H and O–H groups in total. The highest BCUT2D eigenvalue weighted by Gasteiger charge is 1.92. The number of hydrogen-bond donors (Lipinski definition) is 1. The van der Waals surface area contributed by atoms with Crippen molar-refractivity contribution in [2.24, 2.45) is 0 Å². The van der Waals surface area contributed by atoms with E-state index >= 15 is 0 Å². The molecule has 0 nitrogen and oxygen atoms in total. The highest BCUT2D eigenvalue weighted by atomic mass is 32.1. The van der Waals surface area contributed by atoms with Gasteiger partial charge in [-0.2, -0.15) is 12.6 Å². The molecule has 58 valence electrons. The first-order chi connectivity index (χ1) is 5.24. The van der Waals surface area contributed by atoms with Crippen LogP contribution in [-0.4, -0.2) is 0 Å². The third-order valence-corrected chi connectivity index (χ3v) is 2.05. The fourth-order valence-electron chi connectivity index (χ4n) is 0.965. The Labute approximate surface area is 73.4 Å². The number of aryl methyl sites for hydroxylation is 1. The second-order valence-corrected chi connectivity index (χ2v) is 2.94. The topological polar surface area (TPSA) is 0 Å². The van der Waals surface area contributed by atoms with Crippen molar-refractivity contribution in [2.75, 3.05) is 0 Å². The molecule has 0 radical (unpaired) electrons. The SMILES string of the molecule is C/C(=C\S)c1cccc(C)c1. The van der Waals surface area contributed by atoms with Gasteiger partial charge in [0, 0.05) is 0 Å². The van der Waals surface area contributed by atoms with Gasteiger partial charge in [-0.3, -0.25) is 0 Å². The maximum atomic E-state index is 4.10. The zero-order chi connectivity index (χ0) is 8.27. The molecule has 1 aromatic rings. The first-order valence-electron chi connectivity index (χ1n) is 3.62. The van der Waals surface area contributed by atoms with Gasteiger partial charge in [0.1, 0.15) is 0 Å². The molecule has 0 aromatic heterocycles. The third kappa shape index (κ3) is 2.12. The number of allylic oxidation sites excluding steroid dienone is 1. The Kier molecular flexibility index (Phi) is 2.77. The van der Waals surface area contributed by atoms with Gasteiger partial charge in [0.25, 0.3) is 0 Å². The van der Waals surface area contributed by atoms with Crippen molar-refractivity contribution < 1.29 is 0 Å². The molecule has 0 unspecified atom stereocenters. The molecule has 0 spiro atoms. The second kappa shape index (κ2) is 3.63. The monoisotopic (exact) mass is 164 g/mol. The van der Waals surface area contributed by atoms with E-state index in [0.29, 0.717) is 0 Å². The summed E-state index contributed by atoms with van der Waals surface area (Å²) >= 11 is 4.10. The Bertz CT molecular complexity index is 274. The van der Waals surface area contributed by atoms with E-state index in [1.807, 2.05) is 5.41 Å². The van der Waals surface area contributed by atoms with E-state index in [0.717, 1.165) is 0 Å². The fourth-order valence-corrected chi connectivity index (χ4v) is 1.11. The molecule has 0 aliphatic rings. The standard InChI is InChI=1S/C10H12S/c1-8-4-3-5-10(6-8)9(2)7-11/h3-7,11H,1-2H3/b9-7+. The van der Waals surface area contributed by atoms with Crippen molar-refractivity contribution in [3.8, 4) is 0 Å². The van der Waals surface area contributed by atoms with Gasteiger partial charge in [-0.15, -0.1) is 0 Å². The predicted octanol–water partition coefficient (Wildman–Crippen LogP) is 3.29. The summed E-state index contributed by atoms with van der Waals surface area (Å²) in [6, 6.07) is 8.40. The lowest BCUT2D eigenvalue weighted by atomic mass is 10.1. The molecule has 0 fully saturated rings. The van der Waals surface area contributed by atoms with Crippen LogP contribution in [0.25, 0.3) is 5.57 Å². The van der Waals surface area contributed by atoms with E-state index in [4.69, 9.17) is 0 Å². The number of thiol groups is 1. The minimum absolute atomic E-state index is 1.21. The molecule has 0 bridgehead atoms. The molecule has 0 saturated heterocycles. The van der Waals surface area contributed by atoms with Gasteiger partial charge in [-0.05, 0) is 30.4 Å². The average molecular weight is 164 g/mol. The van der Waals surface area contributed by atoms with Crippen LogP contribution in [-0.2, 0) is 0 Å². The van der Waals surface area contributed by atoms with Crippen LogP contribution >= 0.6 is 12.6 Å². The van der Waals surface area contributed by atoms with E-state index in [-0.39, 0.29) is 0 Å². The zero-order valence-corrected chi connectivity index (χ0v) is 7.73. The minimum atomic E-state index is 1.21. The van der Waals surface area contributed by atoms with Crippen molar-refractivity contribution >= 4 is 18.2 Å². The van der Waals surface area contributed by atoms with Crippen LogP contribution in [0.4, 0.5) is 0 Å². The summed E-state index contributed by atoms with van der Waals surface area (Å²) in [4.78, 5) is 0. The Morgan fingerprint density at radius 2 is 2.18 bits per heavy atom. The van der Waals surface area contributed by atoms with E-state index in [9.17, 15) is 0 Å². The first-order valence-corrected chi connectivity index (χ1v) is 4.13. The molecule has 0 aliphatic heterocycles. The molecule has 1 rings (SSSR count). The van der Waals surface area contributed by atoms with Gasteiger partial charge in [-0.25, -0.2) is 0 Å². The molecular formula is C10H12S. The first kappa shape index (κ1) is 8.41. The molecule has 0 amide bonds. The maximum absolute atomic E-state index is 4.10. The van der Waals surface area contributed by atoms with Crippen molar-refractivity contribution in [3.63, 3.8) is 0 Å². The van der Waals surface area contributed by atoms with Crippen molar-refractivity contribution in [1.29, 1.82) is 0 Å². The number of rotatable bonds is 1. The lowest BCUT2D eigenvalue weighted by Gasteiger charge is -2.00. The van der Waals surface area contributed by atoms with Crippen LogP contribution in [0.3, 0.4) is 0 Å². The Hall–Kier alpha value is -0.690. The van der Waals surface area contributed by atoms with E-state index in [1.54, 1.807) is 0 Å². The maximum Gasteiger partial charge on any atom is -0.0220 e. The Balaban J connectivity index is 3.06. The zero-order valence-electron chi connectivity index (χ0n) is 6.83. The van der Waals surface area contributed by atoms with Crippen molar-refractivity contribution in [1.82, 2.24) is 0 Å². The van der Waals surface area contributed by atoms with E-state index in [1.165, 1.54) is 16.7 Å². The van der Waals surface area contributed by atoms with Crippen LogP contribution in [0, 0.1) is 6.92 Å². The fraction of sp³-hybridized carbons (Fsp3) is 0.200. The molecule has 0 atom stereocenters. The van der Waals surface area contributed by atoms with Crippen LogP contribution in [0.1, 0.15) is 18.1 Å². The summed E-state index contributed by atoms with van der Waals surface area (Å²) in [7, 11) is 0. The molecule has 11 heavy (non-hydrogen) atoms. The smallest absolute Gasteiger partial charge is 0.0220 e. The molecule has 0 saturated carbocycles. The average Bonchev–Trinajstić information content (AvgIpc) is 2.03. The quantitative estimate of drug-likeness (QED) is 0.605. The van der Waals surface area contributed by atoms with Crippen LogP contribution in [0.2, 0.25) is 0 Å². The summed E-state index contributed by atoms with van der Waals surface area (Å²) in [5.41, 5.74) is 3.74. The number of hydrogen-bond acceptors (Lipinski definition) is 1. The Morgan fingerprint density at radius 1 is 1.45 bits per heavy atom. The van der Waals surface area contributed by atoms with Crippen molar-refractivity contribution in [2.45, 2.75) is 13.8 Å². The van der Waals surface area contributed by atoms with Crippen LogP contribution in [0.5, 0.6) is 0 Å². The Morgan fingerprint density at radius 3 is 2.73 bits per heavy atom. The summed E-state index contributed by atoms with van der Waals surface area (Å²) in [5, 5.41) is 1.83. The van der Waals surface area contributed by atoms with Gasteiger partial charge >= 0.3 is 0 Å². The molecule has 0 heterocycles. The molecular weight excluding hydrogens is 152 g/mol. The van der Waals surface area contributed by atoms with Gasteiger partial charge in [0.15, 0.2) is 0 Å². The normalized spacial score (nSPS) is 11.7. The van der Waals surface area contributed by atoms with Gasteiger partial charge in [0.05, 0.1) is 0 Å². The molecule has 1 aromatic carbocycles.